The summed E-state index contributed by atoms with van der Waals surface area (Å²) in [6.45, 7) is 3.51. The Hall–Kier alpha value is -3.00. The van der Waals surface area contributed by atoms with E-state index in [4.69, 9.17) is 0 Å². The van der Waals surface area contributed by atoms with Crippen molar-refractivity contribution in [2.75, 3.05) is 32.7 Å². The van der Waals surface area contributed by atoms with Crippen molar-refractivity contribution in [2.24, 2.45) is 0 Å². The van der Waals surface area contributed by atoms with Crippen LogP contribution in [0.3, 0.4) is 0 Å². The lowest BCUT2D eigenvalue weighted by molar-refractivity contribution is -0.131. The number of hydrogen-bond acceptors (Lipinski definition) is 4. The second kappa shape index (κ2) is 11.0. The van der Waals surface area contributed by atoms with E-state index in [1.807, 2.05) is 43.3 Å². The van der Waals surface area contributed by atoms with Crippen molar-refractivity contribution < 1.29 is 13.2 Å². The highest BCUT2D eigenvalue weighted by atomic mass is 32.2. The van der Waals surface area contributed by atoms with Gasteiger partial charge in [-0.15, -0.1) is 0 Å². The standard InChI is InChI=1S/C27H31N3O3S/c1-22-12-14-25(15-13-22)34(32,33)30-18-16-29(17-19-30)27(31)21-28-26(24-10-6-3-7-11-24)20-23-8-4-2-5-9-23/h2-15,26,28H,16-21H2,1H3. The third-order valence-corrected chi connectivity index (χ3v) is 8.15. The lowest BCUT2D eigenvalue weighted by Gasteiger charge is -2.34. The number of aryl methyl sites for hydroxylation is 1. The summed E-state index contributed by atoms with van der Waals surface area (Å²) in [6.07, 6.45) is 0.778. The van der Waals surface area contributed by atoms with Crippen molar-refractivity contribution in [2.45, 2.75) is 24.3 Å². The normalized spacial score (nSPS) is 15.7. The molecule has 34 heavy (non-hydrogen) atoms. The molecule has 4 rings (SSSR count). The van der Waals surface area contributed by atoms with Crippen molar-refractivity contribution in [3.8, 4) is 0 Å². The predicted octanol–water partition coefficient (Wildman–Crippen LogP) is 3.40. The number of amides is 1. The van der Waals surface area contributed by atoms with Crippen molar-refractivity contribution in [1.29, 1.82) is 0 Å². The molecule has 0 spiro atoms. The van der Waals surface area contributed by atoms with Gasteiger partial charge in [0, 0.05) is 32.2 Å². The second-order valence-electron chi connectivity index (χ2n) is 8.63. The molecule has 1 fully saturated rings. The Morgan fingerprint density at radius 1 is 0.853 bits per heavy atom. The minimum atomic E-state index is -3.54. The molecule has 7 heteroatoms. The van der Waals surface area contributed by atoms with Crippen LogP contribution in [-0.4, -0.2) is 56.3 Å². The van der Waals surface area contributed by atoms with Crippen LogP contribution in [0, 0.1) is 6.92 Å². The Kier molecular flexibility index (Phi) is 7.77. The fourth-order valence-corrected chi connectivity index (χ4v) is 5.62. The van der Waals surface area contributed by atoms with E-state index in [-0.39, 0.29) is 18.5 Å². The Morgan fingerprint density at radius 3 is 2.06 bits per heavy atom. The first-order chi connectivity index (χ1) is 16.4. The number of piperazine rings is 1. The summed E-state index contributed by atoms with van der Waals surface area (Å²) >= 11 is 0. The number of rotatable bonds is 8. The average Bonchev–Trinajstić information content (AvgIpc) is 2.88. The zero-order chi connectivity index (χ0) is 24.0. The monoisotopic (exact) mass is 477 g/mol. The van der Waals surface area contributed by atoms with E-state index in [1.165, 1.54) is 9.87 Å². The van der Waals surface area contributed by atoms with Gasteiger partial charge >= 0.3 is 0 Å². The van der Waals surface area contributed by atoms with Gasteiger partial charge in [-0.25, -0.2) is 8.42 Å². The van der Waals surface area contributed by atoms with Crippen LogP contribution in [0.2, 0.25) is 0 Å². The topological polar surface area (TPSA) is 69.7 Å². The van der Waals surface area contributed by atoms with Crippen LogP contribution in [-0.2, 0) is 21.2 Å². The summed E-state index contributed by atoms with van der Waals surface area (Å²) in [4.78, 5) is 15.0. The van der Waals surface area contributed by atoms with Gasteiger partial charge in [0.1, 0.15) is 0 Å². The highest BCUT2D eigenvalue weighted by Crippen LogP contribution is 2.20. The highest BCUT2D eigenvalue weighted by Gasteiger charge is 2.30. The van der Waals surface area contributed by atoms with E-state index < -0.39 is 10.0 Å². The summed E-state index contributed by atoms with van der Waals surface area (Å²) in [6, 6.07) is 27.2. The lowest BCUT2D eigenvalue weighted by atomic mass is 9.99. The Balaban J connectivity index is 1.35. The van der Waals surface area contributed by atoms with Gasteiger partial charge in [0.15, 0.2) is 0 Å². The zero-order valence-electron chi connectivity index (χ0n) is 19.4. The van der Waals surface area contributed by atoms with Gasteiger partial charge in [0.05, 0.1) is 11.4 Å². The first-order valence-corrected chi connectivity index (χ1v) is 13.0. The van der Waals surface area contributed by atoms with Gasteiger partial charge in [-0.2, -0.15) is 4.31 Å². The van der Waals surface area contributed by atoms with E-state index >= 15 is 0 Å². The Bertz CT molecular complexity index is 1170. The largest absolute Gasteiger partial charge is 0.339 e. The van der Waals surface area contributed by atoms with E-state index in [1.54, 1.807) is 29.2 Å². The number of nitrogens with one attached hydrogen (secondary N) is 1. The zero-order valence-corrected chi connectivity index (χ0v) is 20.2. The summed E-state index contributed by atoms with van der Waals surface area (Å²) in [5.41, 5.74) is 3.35. The molecule has 1 aliphatic heterocycles. The molecule has 178 valence electrons. The summed E-state index contributed by atoms with van der Waals surface area (Å²) in [5.74, 6) is -0.0126. The quantitative estimate of drug-likeness (QED) is 0.540. The van der Waals surface area contributed by atoms with Crippen LogP contribution < -0.4 is 5.32 Å². The van der Waals surface area contributed by atoms with E-state index in [9.17, 15) is 13.2 Å². The van der Waals surface area contributed by atoms with Crippen molar-refractivity contribution in [3.63, 3.8) is 0 Å². The van der Waals surface area contributed by atoms with Crippen LogP contribution in [0.5, 0.6) is 0 Å². The summed E-state index contributed by atoms with van der Waals surface area (Å²) < 4.78 is 27.3. The molecule has 1 saturated heterocycles. The molecule has 1 unspecified atom stereocenters. The molecule has 3 aromatic carbocycles. The highest BCUT2D eigenvalue weighted by molar-refractivity contribution is 7.89. The van der Waals surface area contributed by atoms with Gasteiger partial charge < -0.3 is 10.2 Å². The second-order valence-corrected chi connectivity index (χ2v) is 10.6. The van der Waals surface area contributed by atoms with E-state index in [0.717, 1.165) is 17.5 Å². The fourth-order valence-electron chi connectivity index (χ4n) is 4.20. The number of carbonyl (C=O) groups is 1. The first kappa shape index (κ1) is 24.1. The van der Waals surface area contributed by atoms with Crippen molar-refractivity contribution >= 4 is 15.9 Å². The van der Waals surface area contributed by atoms with Gasteiger partial charge in [-0.1, -0.05) is 78.4 Å². The number of carbonyl (C=O) groups excluding carboxylic acids is 1. The molecular weight excluding hydrogens is 446 g/mol. The first-order valence-electron chi connectivity index (χ1n) is 11.6. The lowest BCUT2D eigenvalue weighted by Crippen LogP contribution is -2.52. The number of sulfonamides is 1. The number of nitrogens with zero attached hydrogens (tertiary/aromatic N) is 2. The smallest absolute Gasteiger partial charge is 0.243 e. The van der Waals surface area contributed by atoms with Gasteiger partial charge in [0.25, 0.3) is 0 Å². The molecule has 0 aliphatic carbocycles. The summed E-state index contributed by atoms with van der Waals surface area (Å²) in [5, 5.41) is 3.43. The fraction of sp³-hybridized carbons (Fsp3) is 0.296. The minimum Gasteiger partial charge on any atom is -0.339 e. The van der Waals surface area contributed by atoms with Crippen molar-refractivity contribution in [1.82, 2.24) is 14.5 Å². The van der Waals surface area contributed by atoms with Crippen LogP contribution in [0.25, 0.3) is 0 Å². The molecule has 0 aromatic heterocycles. The average molecular weight is 478 g/mol. The van der Waals surface area contributed by atoms with Gasteiger partial charge in [-0.3, -0.25) is 4.79 Å². The molecule has 1 atom stereocenters. The third kappa shape index (κ3) is 5.91. The van der Waals surface area contributed by atoms with E-state index in [2.05, 4.69) is 29.6 Å². The minimum absolute atomic E-state index is 0.00996. The van der Waals surface area contributed by atoms with Gasteiger partial charge in [0.2, 0.25) is 15.9 Å². The van der Waals surface area contributed by atoms with Gasteiger partial charge in [-0.05, 0) is 36.6 Å². The van der Waals surface area contributed by atoms with Crippen LogP contribution in [0.4, 0.5) is 0 Å². The maximum absolute atomic E-state index is 12.9. The summed E-state index contributed by atoms with van der Waals surface area (Å²) in [7, 11) is -3.54. The Labute approximate surface area is 202 Å². The molecular formula is C27H31N3O3S. The molecule has 6 nitrogen and oxygen atoms in total. The number of hydrogen-bond donors (Lipinski definition) is 1. The molecule has 1 N–H and O–H groups in total. The molecule has 0 saturated carbocycles. The molecule has 1 heterocycles. The van der Waals surface area contributed by atoms with Crippen LogP contribution >= 0.6 is 0 Å². The molecule has 3 aromatic rings. The van der Waals surface area contributed by atoms with Crippen molar-refractivity contribution in [3.05, 3.63) is 102 Å². The molecule has 0 bridgehead atoms. The van der Waals surface area contributed by atoms with Crippen LogP contribution in [0.15, 0.2) is 89.8 Å². The SMILES string of the molecule is Cc1ccc(S(=O)(=O)N2CCN(C(=O)CNC(Cc3ccccc3)c3ccccc3)CC2)cc1. The molecule has 1 amide bonds. The maximum Gasteiger partial charge on any atom is 0.243 e. The van der Waals surface area contributed by atoms with Crippen LogP contribution in [0.1, 0.15) is 22.7 Å². The Morgan fingerprint density at radius 2 is 1.44 bits per heavy atom. The van der Waals surface area contributed by atoms with E-state index in [0.29, 0.717) is 31.1 Å². The molecule has 0 radical (unpaired) electrons. The third-order valence-electron chi connectivity index (χ3n) is 6.23. The maximum atomic E-state index is 12.9. The molecule has 1 aliphatic rings. The number of benzene rings is 3. The predicted molar refractivity (Wildman–Crippen MR) is 134 cm³/mol.